The first-order valence-corrected chi connectivity index (χ1v) is 5.73. The molecule has 0 aliphatic carbocycles. The number of nitrogens with zero attached hydrogens (tertiary/aromatic N) is 1. The molecule has 17 heavy (non-hydrogen) atoms. The molecule has 0 aliphatic heterocycles. The summed E-state index contributed by atoms with van der Waals surface area (Å²) in [6, 6.07) is 7.66. The van der Waals surface area contributed by atoms with Gasteiger partial charge in [-0.25, -0.2) is 0 Å². The van der Waals surface area contributed by atoms with Gasteiger partial charge in [0.1, 0.15) is 12.4 Å². The molecule has 0 saturated carbocycles. The number of likely N-dealkylation sites (N-methyl/N-ethyl adjacent to an activating group) is 1. The number of anilines is 1. The zero-order chi connectivity index (χ0) is 12.7. The second-order valence-corrected chi connectivity index (χ2v) is 3.93. The van der Waals surface area contributed by atoms with Gasteiger partial charge < -0.3 is 14.7 Å². The fraction of sp³-hybridized carbons (Fsp3) is 0.429. The van der Waals surface area contributed by atoms with E-state index in [0.717, 1.165) is 17.9 Å². The van der Waals surface area contributed by atoms with Crippen molar-refractivity contribution in [3.05, 3.63) is 24.3 Å². The van der Waals surface area contributed by atoms with E-state index >= 15 is 0 Å². The summed E-state index contributed by atoms with van der Waals surface area (Å²) >= 11 is 0. The monoisotopic (exact) mass is 233 g/mol. The van der Waals surface area contributed by atoms with Crippen molar-refractivity contribution in [3.8, 4) is 18.1 Å². The largest absolute Gasteiger partial charge is 0.481 e. The summed E-state index contributed by atoms with van der Waals surface area (Å²) in [5.74, 6) is 3.18. The summed E-state index contributed by atoms with van der Waals surface area (Å²) in [5.41, 5.74) is 1.05. The van der Waals surface area contributed by atoms with Crippen LogP contribution in [-0.4, -0.2) is 31.4 Å². The van der Waals surface area contributed by atoms with Crippen LogP contribution in [0.2, 0.25) is 0 Å². The van der Waals surface area contributed by atoms with Crippen molar-refractivity contribution < 1.29 is 9.84 Å². The number of hydrogen-bond acceptors (Lipinski definition) is 3. The Kier molecular flexibility index (Phi) is 5.38. The van der Waals surface area contributed by atoms with E-state index in [9.17, 15) is 5.11 Å². The van der Waals surface area contributed by atoms with Crippen molar-refractivity contribution in [2.75, 3.05) is 25.1 Å². The Bertz CT molecular complexity index is 367. The molecule has 1 aromatic carbocycles. The lowest BCUT2D eigenvalue weighted by molar-refractivity contribution is 0.177. The van der Waals surface area contributed by atoms with E-state index in [0.29, 0.717) is 6.54 Å². The maximum atomic E-state index is 9.57. The van der Waals surface area contributed by atoms with E-state index in [1.54, 1.807) is 0 Å². The number of hydrogen-bond donors (Lipinski definition) is 1. The predicted molar refractivity (Wildman–Crippen MR) is 70.3 cm³/mol. The van der Waals surface area contributed by atoms with Crippen LogP contribution in [0, 0.1) is 12.3 Å². The highest BCUT2D eigenvalue weighted by Gasteiger charge is 2.06. The van der Waals surface area contributed by atoms with E-state index < -0.39 is 0 Å². The van der Waals surface area contributed by atoms with Gasteiger partial charge in [-0.3, -0.25) is 0 Å². The van der Waals surface area contributed by atoms with Gasteiger partial charge in [0.05, 0.1) is 6.10 Å². The van der Waals surface area contributed by atoms with Gasteiger partial charge in [-0.2, -0.15) is 0 Å². The Balaban J connectivity index is 2.58. The first-order valence-electron chi connectivity index (χ1n) is 5.73. The van der Waals surface area contributed by atoms with Crippen molar-refractivity contribution in [3.63, 3.8) is 0 Å². The number of rotatable bonds is 6. The fourth-order valence-corrected chi connectivity index (χ4v) is 1.47. The normalized spacial score (nSPS) is 11.6. The van der Waals surface area contributed by atoms with Crippen molar-refractivity contribution in [2.24, 2.45) is 0 Å². The third-order valence-electron chi connectivity index (χ3n) is 2.56. The highest BCUT2D eigenvalue weighted by molar-refractivity contribution is 5.48. The molecule has 0 heterocycles. The van der Waals surface area contributed by atoms with Crippen LogP contribution < -0.4 is 9.64 Å². The minimum absolute atomic E-state index is 0.281. The number of aliphatic hydroxyl groups excluding tert-OH is 1. The summed E-state index contributed by atoms with van der Waals surface area (Å²) in [4.78, 5) is 2.01. The van der Waals surface area contributed by atoms with Crippen LogP contribution in [0.5, 0.6) is 5.75 Å². The molecular formula is C14H19NO2. The molecular weight excluding hydrogens is 214 g/mol. The predicted octanol–water partition coefficient (Wildman–Crippen LogP) is 1.91. The Morgan fingerprint density at radius 1 is 1.41 bits per heavy atom. The van der Waals surface area contributed by atoms with Crippen LogP contribution >= 0.6 is 0 Å². The molecule has 0 fully saturated rings. The van der Waals surface area contributed by atoms with Crippen LogP contribution in [0.3, 0.4) is 0 Å². The third-order valence-corrected chi connectivity index (χ3v) is 2.56. The summed E-state index contributed by atoms with van der Waals surface area (Å²) in [6.07, 6.45) is 5.58. The Morgan fingerprint density at radius 2 is 2.06 bits per heavy atom. The lowest BCUT2D eigenvalue weighted by Gasteiger charge is -2.22. The van der Waals surface area contributed by atoms with E-state index in [1.165, 1.54) is 0 Å². The van der Waals surface area contributed by atoms with Gasteiger partial charge in [-0.15, -0.1) is 6.42 Å². The summed E-state index contributed by atoms with van der Waals surface area (Å²) in [6.45, 7) is 2.88. The molecule has 0 bridgehead atoms. The highest BCUT2D eigenvalue weighted by Crippen LogP contribution is 2.18. The molecule has 0 aliphatic rings. The van der Waals surface area contributed by atoms with Crippen LogP contribution in [0.4, 0.5) is 5.69 Å². The van der Waals surface area contributed by atoms with Gasteiger partial charge in [0.2, 0.25) is 0 Å². The minimum Gasteiger partial charge on any atom is -0.481 e. The summed E-state index contributed by atoms with van der Waals surface area (Å²) in [7, 11) is 1.95. The van der Waals surface area contributed by atoms with Crippen LogP contribution in [-0.2, 0) is 0 Å². The fourth-order valence-electron chi connectivity index (χ4n) is 1.47. The summed E-state index contributed by atoms with van der Waals surface area (Å²) in [5, 5.41) is 9.57. The number of benzene rings is 1. The zero-order valence-electron chi connectivity index (χ0n) is 10.4. The first-order chi connectivity index (χ1) is 8.17. The molecule has 1 atom stereocenters. The molecule has 1 rings (SSSR count). The van der Waals surface area contributed by atoms with Crippen molar-refractivity contribution in [1.29, 1.82) is 0 Å². The van der Waals surface area contributed by atoms with Crippen LogP contribution in [0.25, 0.3) is 0 Å². The topological polar surface area (TPSA) is 32.7 Å². The standard InChI is InChI=1S/C14H19NO2/c1-4-10-17-14-8-6-12(7-9-14)15(3)11-13(16)5-2/h1,6-9,13,16H,5,10-11H2,2-3H3/t13-/m1/s1. The number of terminal acetylenes is 1. The number of aliphatic hydroxyl groups is 1. The second-order valence-electron chi connectivity index (χ2n) is 3.93. The molecule has 92 valence electrons. The highest BCUT2D eigenvalue weighted by atomic mass is 16.5. The van der Waals surface area contributed by atoms with Crippen molar-refractivity contribution in [1.82, 2.24) is 0 Å². The van der Waals surface area contributed by atoms with Crippen LogP contribution in [0.15, 0.2) is 24.3 Å². The molecule has 0 unspecified atom stereocenters. The smallest absolute Gasteiger partial charge is 0.148 e. The average molecular weight is 233 g/mol. The quantitative estimate of drug-likeness (QED) is 0.762. The van der Waals surface area contributed by atoms with Gasteiger partial charge in [-0.1, -0.05) is 12.8 Å². The third kappa shape index (κ3) is 4.38. The Hall–Kier alpha value is -1.66. The van der Waals surface area contributed by atoms with Crippen LogP contribution in [0.1, 0.15) is 13.3 Å². The van der Waals surface area contributed by atoms with Gasteiger partial charge in [-0.05, 0) is 30.7 Å². The Labute approximate surface area is 103 Å². The molecule has 0 spiro atoms. The molecule has 3 heteroatoms. The Morgan fingerprint density at radius 3 is 2.59 bits per heavy atom. The van der Waals surface area contributed by atoms with Gasteiger partial charge in [0.15, 0.2) is 0 Å². The number of ether oxygens (including phenoxy) is 1. The van der Waals surface area contributed by atoms with E-state index in [1.807, 2.05) is 43.1 Å². The lowest BCUT2D eigenvalue weighted by Crippen LogP contribution is -2.28. The van der Waals surface area contributed by atoms with Crippen molar-refractivity contribution in [2.45, 2.75) is 19.4 Å². The SMILES string of the molecule is C#CCOc1ccc(N(C)C[C@H](O)CC)cc1. The maximum absolute atomic E-state index is 9.57. The maximum Gasteiger partial charge on any atom is 0.148 e. The molecule has 0 radical (unpaired) electrons. The molecule has 0 aromatic heterocycles. The van der Waals surface area contributed by atoms with E-state index in [2.05, 4.69) is 5.92 Å². The molecule has 0 saturated heterocycles. The van der Waals surface area contributed by atoms with Gasteiger partial charge in [0, 0.05) is 19.3 Å². The van der Waals surface area contributed by atoms with Gasteiger partial charge in [0.25, 0.3) is 0 Å². The first kappa shape index (κ1) is 13.4. The zero-order valence-corrected chi connectivity index (χ0v) is 10.4. The minimum atomic E-state index is -0.294. The second kappa shape index (κ2) is 6.82. The average Bonchev–Trinajstić information content (AvgIpc) is 2.36. The van der Waals surface area contributed by atoms with Crippen molar-refractivity contribution >= 4 is 5.69 Å². The molecule has 1 aromatic rings. The lowest BCUT2D eigenvalue weighted by atomic mass is 10.2. The molecule has 0 amide bonds. The summed E-state index contributed by atoms with van der Waals surface area (Å²) < 4.78 is 5.29. The van der Waals surface area contributed by atoms with E-state index in [-0.39, 0.29) is 12.7 Å². The van der Waals surface area contributed by atoms with E-state index in [4.69, 9.17) is 11.2 Å². The molecule has 3 nitrogen and oxygen atoms in total. The van der Waals surface area contributed by atoms with Gasteiger partial charge >= 0.3 is 0 Å². The molecule has 1 N–H and O–H groups in total.